The fourth-order valence-electron chi connectivity index (χ4n) is 2.46. The van der Waals surface area contributed by atoms with Crippen LogP contribution in [0.2, 0.25) is 0 Å². The first kappa shape index (κ1) is 13.7. The van der Waals surface area contributed by atoms with E-state index in [1.807, 2.05) is 48.1 Å². The number of rotatable bonds is 3. The average molecular weight is 319 g/mol. The summed E-state index contributed by atoms with van der Waals surface area (Å²) in [5.74, 6) is 0.227. The van der Waals surface area contributed by atoms with Gasteiger partial charge in [0.25, 0.3) is 0 Å². The van der Waals surface area contributed by atoms with Gasteiger partial charge in [-0.2, -0.15) is 0 Å². The molecular weight excluding hydrogens is 306 g/mol. The van der Waals surface area contributed by atoms with E-state index in [9.17, 15) is 5.11 Å². The maximum atomic E-state index is 9.89. The molecule has 0 saturated heterocycles. The largest absolute Gasteiger partial charge is 0.507 e. The van der Waals surface area contributed by atoms with Gasteiger partial charge in [-0.25, -0.2) is 9.98 Å². The van der Waals surface area contributed by atoms with Crippen molar-refractivity contribution in [3.05, 3.63) is 65.7 Å². The molecule has 0 radical (unpaired) electrons. The van der Waals surface area contributed by atoms with Crippen LogP contribution in [0.5, 0.6) is 5.75 Å². The van der Waals surface area contributed by atoms with Crippen molar-refractivity contribution < 1.29 is 5.11 Å². The Morgan fingerprint density at radius 3 is 2.83 bits per heavy atom. The van der Waals surface area contributed by atoms with Crippen molar-refractivity contribution in [3.63, 3.8) is 0 Å². The first-order chi connectivity index (χ1) is 11.3. The Morgan fingerprint density at radius 2 is 1.91 bits per heavy atom. The number of aromatic amines is 1. The molecule has 0 aliphatic heterocycles. The Hall–Kier alpha value is -2.92. The predicted octanol–water partition coefficient (Wildman–Crippen LogP) is 4.75. The Morgan fingerprint density at radius 1 is 1.09 bits per heavy atom. The third-order valence-corrected chi connectivity index (χ3v) is 4.36. The number of para-hydroxylation sites is 2. The number of thiazole rings is 1. The molecule has 0 aliphatic rings. The number of aromatic nitrogens is 2. The second-order valence-corrected chi connectivity index (χ2v) is 5.92. The molecule has 2 aromatic heterocycles. The quantitative estimate of drug-likeness (QED) is 0.535. The number of phenols is 1. The van der Waals surface area contributed by atoms with Crippen LogP contribution in [0.1, 0.15) is 5.56 Å². The highest BCUT2D eigenvalue weighted by atomic mass is 32.1. The Labute approximate surface area is 136 Å². The molecule has 0 fully saturated rings. The standard InChI is InChI=1S/C18H13N3OS/c22-17-8-4-2-6-14(17)16-11-23-18(21-16)20-10-12-9-19-15-7-3-1-5-13(12)15/h1-11,19,22H. The number of nitrogens with one attached hydrogen (secondary N) is 1. The van der Waals surface area contributed by atoms with Crippen molar-refractivity contribution in [2.24, 2.45) is 4.99 Å². The summed E-state index contributed by atoms with van der Waals surface area (Å²) in [5.41, 5.74) is 3.57. The summed E-state index contributed by atoms with van der Waals surface area (Å²) in [5, 5.41) is 13.6. The average Bonchev–Trinajstić information content (AvgIpc) is 3.20. The van der Waals surface area contributed by atoms with E-state index in [0.29, 0.717) is 5.13 Å². The molecule has 0 aliphatic carbocycles. The Kier molecular flexibility index (Phi) is 3.40. The number of fused-ring (bicyclic) bond motifs is 1. The van der Waals surface area contributed by atoms with Crippen LogP contribution >= 0.6 is 11.3 Å². The number of H-pyrrole nitrogens is 1. The van der Waals surface area contributed by atoms with Crippen LogP contribution in [0.25, 0.3) is 22.2 Å². The third kappa shape index (κ3) is 2.62. The van der Waals surface area contributed by atoms with E-state index in [-0.39, 0.29) is 5.75 Å². The topological polar surface area (TPSA) is 61.3 Å². The molecule has 0 atom stereocenters. The molecule has 112 valence electrons. The van der Waals surface area contributed by atoms with Crippen LogP contribution in [0.3, 0.4) is 0 Å². The lowest BCUT2D eigenvalue weighted by Crippen LogP contribution is -1.79. The zero-order valence-corrected chi connectivity index (χ0v) is 12.9. The van der Waals surface area contributed by atoms with Crippen molar-refractivity contribution in [2.75, 3.05) is 0 Å². The number of nitrogens with zero attached hydrogens (tertiary/aromatic N) is 2. The minimum atomic E-state index is 0.227. The van der Waals surface area contributed by atoms with Crippen molar-refractivity contribution >= 4 is 33.6 Å². The number of aliphatic imine (C=N–C) groups is 1. The van der Waals surface area contributed by atoms with Gasteiger partial charge in [0.15, 0.2) is 0 Å². The summed E-state index contributed by atoms with van der Waals surface area (Å²) >= 11 is 1.45. The van der Waals surface area contributed by atoms with Gasteiger partial charge in [-0.1, -0.05) is 30.3 Å². The van der Waals surface area contributed by atoms with Gasteiger partial charge < -0.3 is 10.1 Å². The maximum Gasteiger partial charge on any atom is 0.209 e. The SMILES string of the molecule is Oc1ccccc1-c1csc(N=Cc2c[nH]c3ccccc23)n1. The van der Waals surface area contributed by atoms with E-state index in [4.69, 9.17) is 0 Å². The van der Waals surface area contributed by atoms with Gasteiger partial charge in [-0.3, -0.25) is 0 Å². The molecule has 2 aromatic carbocycles. The number of phenolic OH excluding ortho intramolecular Hbond substituents is 1. The fourth-order valence-corrected chi connectivity index (χ4v) is 3.12. The maximum absolute atomic E-state index is 9.89. The number of aromatic hydroxyl groups is 1. The van der Waals surface area contributed by atoms with Gasteiger partial charge in [-0.15, -0.1) is 11.3 Å². The second-order valence-electron chi connectivity index (χ2n) is 5.08. The van der Waals surface area contributed by atoms with Crippen LogP contribution in [0.15, 0.2) is 65.1 Å². The van der Waals surface area contributed by atoms with Crippen LogP contribution in [0.4, 0.5) is 5.13 Å². The van der Waals surface area contributed by atoms with Crippen LogP contribution in [-0.4, -0.2) is 21.3 Å². The minimum absolute atomic E-state index is 0.227. The number of hydrogen-bond donors (Lipinski definition) is 2. The fraction of sp³-hybridized carbons (Fsp3) is 0. The van der Waals surface area contributed by atoms with Crippen molar-refractivity contribution in [2.45, 2.75) is 0 Å². The van der Waals surface area contributed by atoms with E-state index < -0.39 is 0 Å². The van der Waals surface area contributed by atoms with Crippen LogP contribution in [0, 0.1) is 0 Å². The van der Waals surface area contributed by atoms with Gasteiger partial charge in [0.2, 0.25) is 5.13 Å². The highest BCUT2D eigenvalue weighted by molar-refractivity contribution is 7.13. The van der Waals surface area contributed by atoms with Crippen molar-refractivity contribution in [1.29, 1.82) is 0 Å². The Bertz CT molecular complexity index is 1000. The molecule has 0 unspecified atom stereocenters. The number of benzene rings is 2. The van der Waals surface area contributed by atoms with Gasteiger partial charge in [0, 0.05) is 39.8 Å². The van der Waals surface area contributed by atoms with E-state index in [1.54, 1.807) is 12.1 Å². The van der Waals surface area contributed by atoms with Crippen molar-refractivity contribution in [3.8, 4) is 17.0 Å². The van der Waals surface area contributed by atoms with Crippen LogP contribution in [-0.2, 0) is 0 Å². The van der Waals surface area contributed by atoms with E-state index in [2.05, 4.69) is 21.0 Å². The second kappa shape index (κ2) is 5.70. The molecule has 0 spiro atoms. The van der Waals surface area contributed by atoms with Gasteiger partial charge >= 0.3 is 0 Å². The summed E-state index contributed by atoms with van der Waals surface area (Å²) < 4.78 is 0. The summed E-state index contributed by atoms with van der Waals surface area (Å²) in [7, 11) is 0. The highest BCUT2D eigenvalue weighted by Crippen LogP contribution is 2.32. The first-order valence-electron chi connectivity index (χ1n) is 7.15. The van der Waals surface area contributed by atoms with E-state index >= 15 is 0 Å². The molecule has 23 heavy (non-hydrogen) atoms. The normalized spacial score (nSPS) is 11.5. The molecule has 4 aromatic rings. The molecule has 0 amide bonds. The molecule has 2 N–H and O–H groups in total. The molecule has 2 heterocycles. The smallest absolute Gasteiger partial charge is 0.209 e. The lowest BCUT2D eigenvalue weighted by molar-refractivity contribution is 0.477. The predicted molar refractivity (Wildman–Crippen MR) is 94.8 cm³/mol. The summed E-state index contributed by atoms with van der Waals surface area (Å²) in [6.07, 6.45) is 3.75. The number of hydrogen-bond acceptors (Lipinski definition) is 4. The summed E-state index contributed by atoms with van der Waals surface area (Å²) in [6, 6.07) is 15.3. The highest BCUT2D eigenvalue weighted by Gasteiger charge is 2.07. The zero-order valence-electron chi connectivity index (χ0n) is 12.1. The summed E-state index contributed by atoms with van der Waals surface area (Å²) in [6.45, 7) is 0. The molecular formula is C18H13N3OS. The van der Waals surface area contributed by atoms with E-state index in [0.717, 1.165) is 27.7 Å². The molecule has 4 nitrogen and oxygen atoms in total. The first-order valence-corrected chi connectivity index (χ1v) is 8.03. The Balaban J connectivity index is 1.64. The van der Waals surface area contributed by atoms with Gasteiger partial charge in [-0.05, 0) is 18.2 Å². The lowest BCUT2D eigenvalue weighted by atomic mass is 10.1. The van der Waals surface area contributed by atoms with E-state index in [1.165, 1.54) is 11.3 Å². The van der Waals surface area contributed by atoms with Crippen molar-refractivity contribution in [1.82, 2.24) is 9.97 Å². The van der Waals surface area contributed by atoms with Gasteiger partial charge in [0.1, 0.15) is 5.75 Å². The monoisotopic (exact) mass is 319 g/mol. The third-order valence-electron chi connectivity index (χ3n) is 3.61. The molecule has 4 rings (SSSR count). The van der Waals surface area contributed by atoms with Crippen LogP contribution < -0.4 is 0 Å². The molecule has 0 bridgehead atoms. The summed E-state index contributed by atoms with van der Waals surface area (Å²) in [4.78, 5) is 12.1. The minimum Gasteiger partial charge on any atom is -0.507 e. The molecule has 0 saturated carbocycles. The zero-order chi connectivity index (χ0) is 15.6. The van der Waals surface area contributed by atoms with Gasteiger partial charge in [0.05, 0.1) is 5.69 Å². The molecule has 5 heteroatoms. The lowest BCUT2D eigenvalue weighted by Gasteiger charge is -1.98.